The van der Waals surface area contributed by atoms with Crippen LogP contribution in [0.25, 0.3) is 0 Å². The number of benzene rings is 1. The van der Waals surface area contributed by atoms with Crippen molar-refractivity contribution in [2.24, 2.45) is 0 Å². The lowest BCUT2D eigenvalue weighted by Crippen LogP contribution is -2.52. The number of nitrogens with zero attached hydrogens (tertiary/aromatic N) is 1. The fourth-order valence-corrected chi connectivity index (χ4v) is 5.11. The van der Waals surface area contributed by atoms with Gasteiger partial charge in [-0.05, 0) is 72.1 Å². The number of methoxy groups -OCH3 is 3. The molecule has 1 amide bonds. The van der Waals surface area contributed by atoms with E-state index in [1.165, 1.54) is 21.3 Å². The van der Waals surface area contributed by atoms with Crippen LogP contribution in [0.5, 0.6) is 17.2 Å². The molecule has 0 bridgehead atoms. The molecule has 0 saturated heterocycles. The van der Waals surface area contributed by atoms with E-state index in [2.05, 4.69) is 0 Å². The summed E-state index contributed by atoms with van der Waals surface area (Å²) in [5.41, 5.74) is -0.369. The lowest BCUT2D eigenvalue weighted by Gasteiger charge is -2.43. The summed E-state index contributed by atoms with van der Waals surface area (Å²) in [6, 6.07) is 3.28. The molecule has 3 rings (SSSR count). The zero-order chi connectivity index (χ0) is 26.5. The number of carbonyl (C=O) groups is 2. The molecule has 36 heavy (non-hydrogen) atoms. The summed E-state index contributed by atoms with van der Waals surface area (Å²) < 4.78 is 27.7. The Morgan fingerprint density at radius 1 is 0.833 bits per heavy atom. The molecule has 0 spiro atoms. The Kier molecular flexibility index (Phi) is 9.33. The fourth-order valence-electron chi connectivity index (χ4n) is 5.11. The van der Waals surface area contributed by atoms with Gasteiger partial charge < -0.3 is 33.7 Å². The van der Waals surface area contributed by atoms with Crippen molar-refractivity contribution in [3.05, 3.63) is 17.7 Å². The summed E-state index contributed by atoms with van der Waals surface area (Å²) in [5.74, 6) is 0.638. The van der Waals surface area contributed by atoms with Gasteiger partial charge in [0.25, 0.3) is 0 Å². The summed E-state index contributed by atoms with van der Waals surface area (Å²) in [7, 11) is 4.48. The van der Waals surface area contributed by atoms with Gasteiger partial charge in [-0.15, -0.1) is 0 Å². The van der Waals surface area contributed by atoms with Gasteiger partial charge in [0.05, 0.1) is 27.4 Å². The summed E-state index contributed by atoms with van der Waals surface area (Å²) in [6.07, 6.45) is 4.65. The van der Waals surface area contributed by atoms with Crippen LogP contribution < -0.4 is 14.2 Å². The van der Waals surface area contributed by atoms with Crippen molar-refractivity contribution in [1.82, 2.24) is 4.90 Å². The topological polar surface area (TPSA) is 104 Å². The molecule has 0 radical (unpaired) electrons. The molecule has 9 nitrogen and oxygen atoms in total. The molecule has 0 heterocycles. The van der Waals surface area contributed by atoms with Crippen molar-refractivity contribution in [2.75, 3.05) is 21.3 Å². The van der Waals surface area contributed by atoms with E-state index in [-0.39, 0.29) is 35.9 Å². The molecule has 202 valence electrons. The van der Waals surface area contributed by atoms with Crippen LogP contribution in [0.15, 0.2) is 12.1 Å². The molecule has 0 unspecified atom stereocenters. The molecule has 1 aromatic carbocycles. The van der Waals surface area contributed by atoms with Gasteiger partial charge >= 0.3 is 12.1 Å². The van der Waals surface area contributed by atoms with Crippen molar-refractivity contribution in [3.63, 3.8) is 0 Å². The van der Waals surface area contributed by atoms with E-state index in [0.29, 0.717) is 55.8 Å². The second kappa shape index (κ2) is 12.0. The van der Waals surface area contributed by atoms with Crippen molar-refractivity contribution < 1.29 is 38.4 Å². The highest BCUT2D eigenvalue weighted by molar-refractivity contribution is 5.96. The van der Waals surface area contributed by atoms with Gasteiger partial charge in [0.1, 0.15) is 34.5 Å². The van der Waals surface area contributed by atoms with Crippen LogP contribution >= 0.6 is 0 Å². The van der Waals surface area contributed by atoms with E-state index in [1.807, 2.05) is 25.7 Å². The van der Waals surface area contributed by atoms with Crippen LogP contribution in [0, 0.1) is 0 Å². The largest absolute Gasteiger partial charge is 0.496 e. The van der Waals surface area contributed by atoms with Crippen LogP contribution in [0.2, 0.25) is 0 Å². The minimum atomic E-state index is -0.591. The number of carbonyl (C=O) groups excluding carboxylic acids is 2. The van der Waals surface area contributed by atoms with Gasteiger partial charge in [-0.2, -0.15) is 0 Å². The Balaban J connectivity index is 1.68. The number of amides is 1. The number of aliphatic hydroxyl groups excluding tert-OH is 1. The number of hydrogen-bond donors (Lipinski definition) is 1. The van der Waals surface area contributed by atoms with E-state index in [9.17, 15) is 14.7 Å². The smallest absolute Gasteiger partial charge is 0.410 e. The van der Waals surface area contributed by atoms with Crippen LogP contribution in [0.3, 0.4) is 0 Å². The highest BCUT2D eigenvalue weighted by Gasteiger charge is 2.38. The van der Waals surface area contributed by atoms with Crippen molar-refractivity contribution in [3.8, 4) is 17.2 Å². The lowest BCUT2D eigenvalue weighted by molar-refractivity contribution is -0.0245. The molecule has 2 fully saturated rings. The third-order valence-corrected chi connectivity index (χ3v) is 6.89. The molecule has 0 aliphatic heterocycles. The Bertz CT molecular complexity index is 871. The van der Waals surface area contributed by atoms with E-state index in [0.717, 1.165) is 12.8 Å². The molecule has 9 heteroatoms. The average Bonchev–Trinajstić information content (AvgIpc) is 2.84. The number of rotatable bonds is 7. The first-order valence-electron chi connectivity index (χ1n) is 12.8. The maximum absolute atomic E-state index is 13.2. The molecule has 0 aromatic heterocycles. The molecule has 0 atom stereocenters. The van der Waals surface area contributed by atoms with Crippen molar-refractivity contribution in [2.45, 2.75) is 102 Å². The summed E-state index contributed by atoms with van der Waals surface area (Å²) in [4.78, 5) is 28.2. The highest BCUT2D eigenvalue weighted by atomic mass is 16.6. The van der Waals surface area contributed by atoms with E-state index in [4.69, 9.17) is 23.7 Å². The predicted molar refractivity (Wildman–Crippen MR) is 134 cm³/mol. The fraction of sp³-hybridized carbons (Fsp3) is 0.704. The minimum absolute atomic E-state index is 0.0000959. The minimum Gasteiger partial charge on any atom is -0.496 e. The lowest BCUT2D eigenvalue weighted by atomic mass is 9.87. The first kappa shape index (κ1) is 27.9. The monoisotopic (exact) mass is 507 g/mol. The van der Waals surface area contributed by atoms with E-state index < -0.39 is 11.6 Å². The van der Waals surface area contributed by atoms with E-state index in [1.54, 1.807) is 12.1 Å². The average molecular weight is 508 g/mol. The molecule has 2 aliphatic carbocycles. The maximum atomic E-state index is 13.2. The third kappa shape index (κ3) is 6.96. The van der Waals surface area contributed by atoms with Gasteiger partial charge in [-0.3, -0.25) is 0 Å². The zero-order valence-electron chi connectivity index (χ0n) is 22.4. The first-order valence-corrected chi connectivity index (χ1v) is 12.8. The Labute approximate surface area is 214 Å². The molecular weight excluding hydrogens is 466 g/mol. The van der Waals surface area contributed by atoms with Gasteiger partial charge in [-0.1, -0.05) is 0 Å². The summed E-state index contributed by atoms with van der Waals surface area (Å²) in [5, 5.41) is 9.95. The Morgan fingerprint density at radius 2 is 1.33 bits per heavy atom. The van der Waals surface area contributed by atoms with Gasteiger partial charge in [0.2, 0.25) is 0 Å². The van der Waals surface area contributed by atoms with Crippen molar-refractivity contribution >= 4 is 12.1 Å². The second-order valence-corrected chi connectivity index (χ2v) is 10.6. The van der Waals surface area contributed by atoms with Crippen molar-refractivity contribution in [1.29, 1.82) is 0 Å². The van der Waals surface area contributed by atoms with E-state index >= 15 is 0 Å². The molecular formula is C27H41NO8. The molecule has 2 saturated carbocycles. The Hall–Kier alpha value is -2.68. The summed E-state index contributed by atoms with van der Waals surface area (Å²) >= 11 is 0. The normalized spacial score (nSPS) is 24.4. The van der Waals surface area contributed by atoms with Gasteiger partial charge in [-0.25, -0.2) is 9.59 Å². The maximum Gasteiger partial charge on any atom is 0.410 e. The number of ether oxygens (including phenoxy) is 5. The SMILES string of the molecule is COc1cc(OC)c(C(=O)OC2CCC(N(C(=O)OC(C)(C)C)[C@H]3CC[C@@H](O)CC3)CC2)c(OC)c1. The van der Waals surface area contributed by atoms with Crippen LogP contribution in [0.4, 0.5) is 4.79 Å². The third-order valence-electron chi connectivity index (χ3n) is 6.89. The first-order chi connectivity index (χ1) is 17.1. The highest BCUT2D eigenvalue weighted by Crippen LogP contribution is 2.37. The van der Waals surface area contributed by atoms with Crippen LogP contribution in [-0.2, 0) is 9.47 Å². The van der Waals surface area contributed by atoms with Gasteiger partial charge in [0.15, 0.2) is 0 Å². The predicted octanol–water partition coefficient (Wildman–Crippen LogP) is 4.72. The van der Waals surface area contributed by atoms with Crippen LogP contribution in [-0.4, -0.2) is 73.3 Å². The van der Waals surface area contributed by atoms with Gasteiger partial charge in [0, 0.05) is 24.2 Å². The zero-order valence-corrected chi connectivity index (χ0v) is 22.4. The summed E-state index contributed by atoms with van der Waals surface area (Å²) in [6.45, 7) is 5.60. The molecule has 1 aromatic rings. The standard InChI is InChI=1S/C27H41NO8/c1-27(2,3)36-26(31)28(17-7-11-19(29)12-8-17)18-9-13-20(14-10-18)35-25(30)24-22(33-5)15-21(32-4)16-23(24)34-6/h15-20,29H,7-14H2,1-6H3/t17-,18?,19+,20?. The Morgan fingerprint density at radius 3 is 1.78 bits per heavy atom. The number of esters is 1. The molecule has 2 aliphatic rings. The molecule has 1 N–H and O–H groups in total. The quantitative estimate of drug-likeness (QED) is 0.529. The number of hydrogen-bond acceptors (Lipinski definition) is 8. The second-order valence-electron chi connectivity index (χ2n) is 10.6. The number of aliphatic hydroxyl groups is 1. The van der Waals surface area contributed by atoms with Crippen LogP contribution in [0.1, 0.15) is 82.5 Å².